The highest BCUT2D eigenvalue weighted by Gasteiger charge is 2.26. The van der Waals surface area contributed by atoms with Crippen molar-refractivity contribution in [3.8, 4) is 0 Å². The number of fused-ring (bicyclic) bond motifs is 1. The molecule has 5 nitrogen and oxygen atoms in total. The summed E-state index contributed by atoms with van der Waals surface area (Å²) in [7, 11) is 0. The van der Waals surface area contributed by atoms with Crippen LogP contribution in [0.1, 0.15) is 25.3 Å². The largest absolute Gasteiger partial charge is 0.338 e. The maximum atomic E-state index is 13.3. The van der Waals surface area contributed by atoms with Gasteiger partial charge in [-0.05, 0) is 43.7 Å². The maximum Gasteiger partial charge on any atom is 0.320 e. The zero-order valence-corrected chi connectivity index (χ0v) is 14.1. The number of nitrogens with zero attached hydrogens (tertiary/aromatic N) is 2. The number of hydrogen-bond donors (Lipinski definition) is 2. The molecule has 1 aliphatic heterocycles. The van der Waals surface area contributed by atoms with E-state index in [1.165, 1.54) is 12.1 Å². The molecule has 1 heterocycles. The number of aliphatic imine (C=N–C) groups is 2. The first kappa shape index (κ1) is 16.8. The third kappa shape index (κ3) is 3.74. The number of carbonyl (C=O) groups excluding carboxylic acids is 1. The summed E-state index contributed by atoms with van der Waals surface area (Å²) >= 11 is 0. The molecular formula is C19H19FN4O. The van der Waals surface area contributed by atoms with E-state index in [1.54, 1.807) is 12.1 Å². The van der Waals surface area contributed by atoms with E-state index in [4.69, 9.17) is 0 Å². The summed E-state index contributed by atoms with van der Waals surface area (Å²) in [6.45, 7) is 4.23. The standard InChI is InChI=1S/C19H19FN4O/c1-3-21-19(25)24-18-17(13-8-10-14(20)11-9-13)12(2)22-15-6-4-5-7-16(15)23-18/h4-11,17H,3H2,1-2H3,(H2,21,23,24,25)/t17-/m0/s1. The summed E-state index contributed by atoms with van der Waals surface area (Å²) in [4.78, 5) is 21.4. The predicted octanol–water partition coefficient (Wildman–Crippen LogP) is 4.06. The van der Waals surface area contributed by atoms with Gasteiger partial charge in [0.2, 0.25) is 0 Å². The SMILES string of the molecule is CCNC(=O)NC1=Nc2ccccc2N=C(C)[C@H]1c1ccc(F)cc1. The van der Waals surface area contributed by atoms with E-state index in [0.717, 1.165) is 17.0 Å². The summed E-state index contributed by atoms with van der Waals surface area (Å²) < 4.78 is 13.3. The molecule has 2 aromatic carbocycles. The lowest BCUT2D eigenvalue weighted by molar-refractivity contribution is 0.245. The Labute approximate surface area is 145 Å². The van der Waals surface area contributed by atoms with Crippen molar-refractivity contribution in [1.82, 2.24) is 10.6 Å². The van der Waals surface area contributed by atoms with E-state index in [-0.39, 0.29) is 17.8 Å². The molecule has 25 heavy (non-hydrogen) atoms. The molecule has 2 N–H and O–H groups in total. The smallest absolute Gasteiger partial charge is 0.320 e. The third-order valence-electron chi connectivity index (χ3n) is 3.89. The molecule has 1 atom stereocenters. The molecule has 0 saturated heterocycles. The number of nitrogens with one attached hydrogen (secondary N) is 2. The van der Waals surface area contributed by atoms with Crippen LogP contribution in [0.2, 0.25) is 0 Å². The fourth-order valence-electron chi connectivity index (χ4n) is 2.78. The van der Waals surface area contributed by atoms with Gasteiger partial charge >= 0.3 is 6.03 Å². The quantitative estimate of drug-likeness (QED) is 0.852. The number of amides is 2. The molecule has 1 aliphatic rings. The van der Waals surface area contributed by atoms with Crippen LogP contribution >= 0.6 is 0 Å². The molecule has 2 aromatic rings. The van der Waals surface area contributed by atoms with E-state index in [1.807, 2.05) is 38.1 Å². The first-order valence-electron chi connectivity index (χ1n) is 8.11. The number of rotatable bonds is 2. The van der Waals surface area contributed by atoms with Crippen LogP contribution in [0.4, 0.5) is 20.6 Å². The summed E-state index contributed by atoms with van der Waals surface area (Å²) in [5, 5.41) is 5.52. The van der Waals surface area contributed by atoms with Crippen molar-refractivity contribution < 1.29 is 9.18 Å². The normalized spacial score (nSPS) is 16.2. The molecular weight excluding hydrogens is 319 g/mol. The molecule has 0 unspecified atom stereocenters. The van der Waals surface area contributed by atoms with Crippen molar-refractivity contribution in [2.24, 2.45) is 9.98 Å². The van der Waals surface area contributed by atoms with E-state index in [0.29, 0.717) is 18.1 Å². The lowest BCUT2D eigenvalue weighted by Crippen LogP contribution is -2.43. The number of urea groups is 1. The lowest BCUT2D eigenvalue weighted by Gasteiger charge is -2.19. The van der Waals surface area contributed by atoms with E-state index >= 15 is 0 Å². The average molecular weight is 338 g/mol. The van der Waals surface area contributed by atoms with Crippen LogP contribution in [0, 0.1) is 5.82 Å². The highest BCUT2D eigenvalue weighted by atomic mass is 19.1. The topological polar surface area (TPSA) is 65.8 Å². The van der Waals surface area contributed by atoms with Crippen molar-refractivity contribution in [3.05, 3.63) is 59.9 Å². The zero-order valence-electron chi connectivity index (χ0n) is 14.1. The zero-order chi connectivity index (χ0) is 17.8. The second-order valence-corrected chi connectivity index (χ2v) is 5.71. The third-order valence-corrected chi connectivity index (χ3v) is 3.89. The predicted molar refractivity (Wildman–Crippen MR) is 97.7 cm³/mol. The van der Waals surface area contributed by atoms with Crippen LogP contribution < -0.4 is 10.6 Å². The van der Waals surface area contributed by atoms with Crippen LogP contribution in [-0.2, 0) is 0 Å². The summed E-state index contributed by atoms with van der Waals surface area (Å²) in [5.74, 6) is -0.218. The van der Waals surface area contributed by atoms with Gasteiger partial charge in [0, 0.05) is 12.3 Å². The van der Waals surface area contributed by atoms with Crippen LogP contribution in [-0.4, -0.2) is 24.1 Å². The van der Waals surface area contributed by atoms with E-state index in [9.17, 15) is 9.18 Å². The Balaban J connectivity index is 2.09. The van der Waals surface area contributed by atoms with E-state index < -0.39 is 0 Å². The van der Waals surface area contributed by atoms with Crippen molar-refractivity contribution in [3.63, 3.8) is 0 Å². The summed E-state index contributed by atoms with van der Waals surface area (Å²) in [6, 6.07) is 13.3. The Hall–Kier alpha value is -3.02. The molecule has 0 fully saturated rings. The Morgan fingerprint density at radius 2 is 1.72 bits per heavy atom. The Bertz CT molecular complexity index is 843. The molecule has 3 rings (SSSR count). The van der Waals surface area contributed by atoms with Crippen molar-refractivity contribution in [1.29, 1.82) is 0 Å². The molecule has 128 valence electrons. The van der Waals surface area contributed by atoms with E-state index in [2.05, 4.69) is 20.6 Å². The average Bonchev–Trinajstić information content (AvgIpc) is 2.71. The van der Waals surface area contributed by atoms with Crippen molar-refractivity contribution in [2.75, 3.05) is 6.54 Å². The van der Waals surface area contributed by atoms with Crippen molar-refractivity contribution >= 4 is 29.0 Å². The second kappa shape index (κ2) is 7.25. The molecule has 2 amide bonds. The molecule has 0 bridgehead atoms. The Morgan fingerprint density at radius 3 is 2.36 bits per heavy atom. The Kier molecular flexibility index (Phi) is 4.88. The molecule has 0 saturated carbocycles. The fraction of sp³-hybridized carbons (Fsp3) is 0.211. The van der Waals surface area contributed by atoms with Gasteiger partial charge in [-0.3, -0.25) is 10.3 Å². The number of carbonyl (C=O) groups is 1. The highest BCUT2D eigenvalue weighted by Crippen LogP contribution is 2.34. The summed E-state index contributed by atoms with van der Waals surface area (Å²) in [6.07, 6.45) is 0. The van der Waals surface area contributed by atoms with Gasteiger partial charge in [-0.1, -0.05) is 24.3 Å². The van der Waals surface area contributed by atoms with Gasteiger partial charge in [0.15, 0.2) is 0 Å². The molecule has 6 heteroatoms. The van der Waals surface area contributed by atoms with Gasteiger partial charge in [0.05, 0.1) is 17.3 Å². The van der Waals surface area contributed by atoms with Gasteiger partial charge < -0.3 is 5.32 Å². The van der Waals surface area contributed by atoms with Gasteiger partial charge in [0.25, 0.3) is 0 Å². The van der Waals surface area contributed by atoms with Gasteiger partial charge in [0.1, 0.15) is 11.7 Å². The van der Waals surface area contributed by atoms with Crippen LogP contribution in [0.25, 0.3) is 0 Å². The molecule has 0 aromatic heterocycles. The van der Waals surface area contributed by atoms with Crippen LogP contribution in [0.5, 0.6) is 0 Å². The fourth-order valence-corrected chi connectivity index (χ4v) is 2.78. The van der Waals surface area contributed by atoms with Crippen LogP contribution in [0.3, 0.4) is 0 Å². The molecule has 0 spiro atoms. The minimum Gasteiger partial charge on any atom is -0.338 e. The summed E-state index contributed by atoms with van der Waals surface area (Å²) in [5.41, 5.74) is 3.00. The first-order chi connectivity index (χ1) is 12.1. The number of amidine groups is 1. The minimum atomic E-state index is -0.365. The first-order valence-corrected chi connectivity index (χ1v) is 8.11. The highest BCUT2D eigenvalue weighted by molar-refractivity contribution is 6.17. The van der Waals surface area contributed by atoms with Crippen molar-refractivity contribution in [2.45, 2.75) is 19.8 Å². The minimum absolute atomic E-state index is 0.314. The molecule has 0 aliphatic carbocycles. The molecule has 0 radical (unpaired) electrons. The Morgan fingerprint density at radius 1 is 1.08 bits per heavy atom. The lowest BCUT2D eigenvalue weighted by atomic mass is 9.93. The second-order valence-electron chi connectivity index (χ2n) is 5.71. The van der Waals surface area contributed by atoms with Crippen LogP contribution in [0.15, 0.2) is 58.5 Å². The maximum absolute atomic E-state index is 13.3. The number of halogens is 1. The monoisotopic (exact) mass is 338 g/mol. The number of benzene rings is 2. The van der Waals surface area contributed by atoms with Gasteiger partial charge in [-0.2, -0.15) is 0 Å². The number of para-hydroxylation sites is 2. The van der Waals surface area contributed by atoms with Gasteiger partial charge in [-0.15, -0.1) is 0 Å². The van der Waals surface area contributed by atoms with Gasteiger partial charge in [-0.25, -0.2) is 14.2 Å². The number of hydrogen-bond acceptors (Lipinski definition) is 3.